The van der Waals surface area contributed by atoms with Crippen molar-refractivity contribution in [3.8, 4) is 5.88 Å². The van der Waals surface area contributed by atoms with Crippen LogP contribution in [0, 0.1) is 0 Å². The third-order valence-corrected chi connectivity index (χ3v) is 4.07. The van der Waals surface area contributed by atoms with Gasteiger partial charge in [-0.25, -0.2) is 9.78 Å². The van der Waals surface area contributed by atoms with Gasteiger partial charge in [-0.15, -0.1) is 0 Å². The molecular weight excluding hydrogens is 500 g/mol. The molecule has 0 bridgehead atoms. The number of hydrogen-bond donors (Lipinski definition) is 1. The van der Waals surface area contributed by atoms with Gasteiger partial charge in [0.05, 0.1) is 66.1 Å². The van der Waals surface area contributed by atoms with Crippen LogP contribution in [0.5, 0.6) is 5.88 Å². The number of nitrogens with one attached hydrogen (secondary N) is 1. The number of rotatable bonds is 19. The van der Waals surface area contributed by atoms with Crippen molar-refractivity contribution >= 4 is 22.0 Å². The minimum atomic E-state index is -0.503. The molecule has 0 aliphatic heterocycles. The second-order valence-electron chi connectivity index (χ2n) is 7.65. The van der Waals surface area contributed by atoms with Crippen LogP contribution in [0.15, 0.2) is 22.8 Å². The van der Waals surface area contributed by atoms with Crippen molar-refractivity contribution in [2.75, 3.05) is 79.2 Å². The van der Waals surface area contributed by atoms with Crippen molar-refractivity contribution in [1.29, 1.82) is 0 Å². The molecule has 0 aliphatic carbocycles. The Morgan fingerprint density at radius 3 is 1.82 bits per heavy atom. The van der Waals surface area contributed by atoms with E-state index in [9.17, 15) is 4.79 Å². The van der Waals surface area contributed by atoms with E-state index in [1.54, 1.807) is 12.3 Å². The van der Waals surface area contributed by atoms with Crippen molar-refractivity contribution < 1.29 is 38.0 Å². The molecule has 0 fully saturated rings. The fourth-order valence-electron chi connectivity index (χ4n) is 2.19. The SMILES string of the molecule is CC(C)(C)OC(=O)NCCOCCOCCOCCOCCOCCOc1cc(Br)ccn1. The molecule has 0 radical (unpaired) electrons. The van der Waals surface area contributed by atoms with Crippen LogP contribution in [0.25, 0.3) is 0 Å². The molecule has 1 heterocycles. The summed E-state index contributed by atoms with van der Waals surface area (Å²) in [7, 11) is 0. The van der Waals surface area contributed by atoms with E-state index in [-0.39, 0.29) is 0 Å². The quantitative estimate of drug-likeness (QED) is 0.267. The number of pyridine rings is 1. The molecule has 0 spiro atoms. The van der Waals surface area contributed by atoms with Gasteiger partial charge in [0, 0.05) is 23.3 Å². The third-order valence-electron chi connectivity index (χ3n) is 3.58. The molecule has 10 nitrogen and oxygen atoms in total. The van der Waals surface area contributed by atoms with E-state index < -0.39 is 11.7 Å². The minimum absolute atomic E-state index is 0.389. The Hall–Kier alpha value is -1.50. The van der Waals surface area contributed by atoms with Crippen LogP contribution in [-0.2, 0) is 28.4 Å². The first-order chi connectivity index (χ1) is 15.9. The first kappa shape index (κ1) is 29.5. The summed E-state index contributed by atoms with van der Waals surface area (Å²) >= 11 is 3.36. The molecule has 1 aromatic rings. The number of amides is 1. The number of halogens is 1. The topological polar surface area (TPSA) is 107 Å². The first-order valence-corrected chi connectivity index (χ1v) is 11.8. The zero-order valence-corrected chi connectivity index (χ0v) is 21.4. The zero-order chi connectivity index (χ0) is 24.2. The van der Waals surface area contributed by atoms with Crippen LogP contribution < -0.4 is 10.1 Å². The fourth-order valence-corrected chi connectivity index (χ4v) is 2.50. The molecule has 0 saturated carbocycles. The maximum atomic E-state index is 11.4. The van der Waals surface area contributed by atoms with Crippen molar-refractivity contribution in [1.82, 2.24) is 10.3 Å². The smallest absolute Gasteiger partial charge is 0.407 e. The maximum absolute atomic E-state index is 11.4. The molecule has 33 heavy (non-hydrogen) atoms. The summed E-state index contributed by atoms with van der Waals surface area (Å²) in [5.41, 5.74) is -0.503. The van der Waals surface area contributed by atoms with Crippen LogP contribution in [0.1, 0.15) is 20.8 Å². The van der Waals surface area contributed by atoms with E-state index in [0.717, 1.165) is 4.47 Å². The summed E-state index contributed by atoms with van der Waals surface area (Å²) in [6.45, 7) is 11.0. The second-order valence-corrected chi connectivity index (χ2v) is 8.57. The molecule has 11 heteroatoms. The zero-order valence-electron chi connectivity index (χ0n) is 19.8. The van der Waals surface area contributed by atoms with Crippen LogP contribution in [0.2, 0.25) is 0 Å². The van der Waals surface area contributed by atoms with E-state index in [4.69, 9.17) is 33.2 Å². The molecule has 1 amide bonds. The number of carbonyl (C=O) groups excluding carboxylic acids is 1. The van der Waals surface area contributed by atoms with Gasteiger partial charge < -0.3 is 38.5 Å². The molecule has 0 atom stereocenters. The summed E-state index contributed by atoms with van der Waals surface area (Å²) in [5.74, 6) is 0.561. The molecule has 190 valence electrons. The Morgan fingerprint density at radius 2 is 1.33 bits per heavy atom. The van der Waals surface area contributed by atoms with Crippen molar-refractivity contribution in [2.24, 2.45) is 0 Å². The van der Waals surface area contributed by atoms with Crippen molar-refractivity contribution in [3.63, 3.8) is 0 Å². The highest BCUT2D eigenvalue weighted by Gasteiger charge is 2.15. The number of alkyl carbamates (subject to hydrolysis) is 1. The van der Waals surface area contributed by atoms with Crippen molar-refractivity contribution in [2.45, 2.75) is 26.4 Å². The van der Waals surface area contributed by atoms with E-state index in [2.05, 4.69) is 26.2 Å². The number of carbonyl (C=O) groups is 1. The Labute approximate surface area is 204 Å². The van der Waals surface area contributed by atoms with Gasteiger partial charge in [-0.3, -0.25) is 0 Å². The lowest BCUT2D eigenvalue weighted by Gasteiger charge is -2.19. The monoisotopic (exact) mass is 536 g/mol. The molecule has 0 unspecified atom stereocenters. The summed E-state index contributed by atoms with van der Waals surface area (Å²) in [6, 6.07) is 3.64. The predicted molar refractivity (Wildman–Crippen MR) is 126 cm³/mol. The lowest BCUT2D eigenvalue weighted by molar-refractivity contribution is -0.0127. The highest BCUT2D eigenvalue weighted by atomic mass is 79.9. The minimum Gasteiger partial charge on any atom is -0.475 e. The Bertz CT molecular complexity index is 631. The highest BCUT2D eigenvalue weighted by molar-refractivity contribution is 9.10. The summed E-state index contributed by atoms with van der Waals surface area (Å²) in [6.07, 6.45) is 1.23. The normalized spacial score (nSPS) is 11.4. The van der Waals surface area contributed by atoms with Gasteiger partial charge in [-0.1, -0.05) is 15.9 Å². The predicted octanol–water partition coefficient (Wildman–Crippen LogP) is 2.83. The summed E-state index contributed by atoms with van der Waals surface area (Å²) in [4.78, 5) is 15.5. The molecule has 1 N–H and O–H groups in total. The van der Waals surface area contributed by atoms with Crippen LogP contribution >= 0.6 is 15.9 Å². The van der Waals surface area contributed by atoms with Crippen LogP contribution in [0.4, 0.5) is 4.79 Å². The van der Waals surface area contributed by atoms with Crippen LogP contribution in [0.3, 0.4) is 0 Å². The van der Waals surface area contributed by atoms with E-state index >= 15 is 0 Å². The molecule has 0 aliphatic rings. The Kier molecular flexibility index (Phi) is 16.9. The standard InChI is InChI=1S/C22H37BrN2O8/c1-22(2,3)33-21(26)25-6-7-27-8-9-28-10-11-29-12-13-30-14-15-31-16-17-32-20-18-19(23)4-5-24-20/h4-5,18H,6-17H2,1-3H3,(H,25,26). The molecule has 1 rings (SSSR count). The molecule has 0 saturated heterocycles. The third kappa shape index (κ3) is 19.7. The van der Waals surface area contributed by atoms with E-state index in [0.29, 0.717) is 85.1 Å². The Balaban J connectivity index is 1.73. The highest BCUT2D eigenvalue weighted by Crippen LogP contribution is 2.14. The molecule has 1 aromatic heterocycles. The molecule has 0 aromatic carbocycles. The second kappa shape index (κ2) is 18.9. The number of ether oxygens (including phenoxy) is 7. The largest absolute Gasteiger partial charge is 0.475 e. The first-order valence-electron chi connectivity index (χ1n) is 11.0. The Morgan fingerprint density at radius 1 is 0.848 bits per heavy atom. The van der Waals surface area contributed by atoms with E-state index in [1.807, 2.05) is 26.8 Å². The van der Waals surface area contributed by atoms with Gasteiger partial charge in [-0.05, 0) is 26.8 Å². The van der Waals surface area contributed by atoms with Gasteiger partial charge in [0.1, 0.15) is 12.2 Å². The van der Waals surface area contributed by atoms with Crippen molar-refractivity contribution in [3.05, 3.63) is 22.8 Å². The van der Waals surface area contributed by atoms with Gasteiger partial charge in [-0.2, -0.15) is 0 Å². The molecular formula is C22H37BrN2O8. The van der Waals surface area contributed by atoms with Gasteiger partial charge in [0.25, 0.3) is 0 Å². The number of nitrogens with zero attached hydrogens (tertiary/aromatic N) is 1. The lowest BCUT2D eigenvalue weighted by Crippen LogP contribution is -2.34. The fraction of sp³-hybridized carbons (Fsp3) is 0.727. The van der Waals surface area contributed by atoms with Crippen LogP contribution in [-0.4, -0.2) is 95.9 Å². The van der Waals surface area contributed by atoms with E-state index in [1.165, 1.54) is 0 Å². The average molecular weight is 537 g/mol. The van der Waals surface area contributed by atoms with Gasteiger partial charge in [0.15, 0.2) is 0 Å². The number of aromatic nitrogens is 1. The summed E-state index contributed by atoms with van der Waals surface area (Å²) in [5, 5.41) is 2.62. The van der Waals surface area contributed by atoms with Gasteiger partial charge >= 0.3 is 6.09 Å². The average Bonchev–Trinajstić information content (AvgIpc) is 2.74. The number of hydrogen-bond acceptors (Lipinski definition) is 9. The lowest BCUT2D eigenvalue weighted by atomic mass is 10.2. The van der Waals surface area contributed by atoms with Gasteiger partial charge in [0.2, 0.25) is 5.88 Å². The summed E-state index contributed by atoms with van der Waals surface area (Å²) < 4.78 is 38.6. The maximum Gasteiger partial charge on any atom is 0.407 e.